The van der Waals surface area contributed by atoms with Crippen LogP contribution in [0.3, 0.4) is 0 Å². The average Bonchev–Trinajstić information content (AvgIpc) is 2.29. The lowest BCUT2D eigenvalue weighted by molar-refractivity contribution is 0.145. The van der Waals surface area contributed by atoms with E-state index in [0.717, 1.165) is 38.9 Å². The fourth-order valence-corrected chi connectivity index (χ4v) is 2.48. The van der Waals surface area contributed by atoms with E-state index in [4.69, 9.17) is 15.3 Å². The Labute approximate surface area is 118 Å². The Balaban J connectivity index is 4.28. The molecule has 0 aliphatic heterocycles. The van der Waals surface area contributed by atoms with E-state index in [1.165, 1.54) is 0 Å². The molecule has 3 atom stereocenters. The van der Waals surface area contributed by atoms with Gasteiger partial charge in [0.05, 0.1) is 0 Å². The van der Waals surface area contributed by atoms with Gasteiger partial charge < -0.3 is 20.2 Å². The van der Waals surface area contributed by atoms with Crippen LogP contribution in [0, 0.1) is 17.8 Å². The molecule has 0 heterocycles. The molecule has 116 valence electrons. The summed E-state index contributed by atoms with van der Waals surface area (Å²) in [6.07, 6.45) is 2.50. The predicted molar refractivity (Wildman–Crippen MR) is 79.0 cm³/mol. The molecule has 0 amide bonds. The lowest BCUT2D eigenvalue weighted by atomic mass is 10.0. The minimum absolute atomic E-state index is 0.243. The smallest absolute Gasteiger partial charge is 0.0434 e. The first-order chi connectivity index (χ1) is 9.03. The molecule has 3 unspecified atom stereocenters. The molecule has 0 bridgehead atoms. The molecule has 0 aromatic carbocycles. The van der Waals surface area contributed by atoms with E-state index in [0.29, 0.717) is 17.8 Å². The van der Waals surface area contributed by atoms with Crippen LogP contribution in [0.25, 0.3) is 0 Å². The zero-order chi connectivity index (χ0) is 14.7. The Bertz CT molecular complexity index is 169. The first-order valence-electron chi connectivity index (χ1n) is 7.58. The number of aliphatic hydroxyl groups is 3. The van der Waals surface area contributed by atoms with Crippen molar-refractivity contribution in [2.75, 3.05) is 39.5 Å². The topological polar surface area (TPSA) is 63.9 Å². The van der Waals surface area contributed by atoms with E-state index >= 15 is 0 Å². The molecule has 0 saturated heterocycles. The Kier molecular flexibility index (Phi) is 11.6. The van der Waals surface area contributed by atoms with Gasteiger partial charge in [0.15, 0.2) is 0 Å². The van der Waals surface area contributed by atoms with E-state index in [1.807, 2.05) is 0 Å². The summed E-state index contributed by atoms with van der Waals surface area (Å²) in [7, 11) is 0. The van der Waals surface area contributed by atoms with Gasteiger partial charge in [-0.25, -0.2) is 0 Å². The van der Waals surface area contributed by atoms with Gasteiger partial charge in [-0.3, -0.25) is 0 Å². The third kappa shape index (κ3) is 10.3. The second kappa shape index (κ2) is 11.6. The summed E-state index contributed by atoms with van der Waals surface area (Å²) in [5, 5.41) is 27.0. The maximum Gasteiger partial charge on any atom is 0.0434 e. The van der Waals surface area contributed by atoms with Crippen LogP contribution in [0.4, 0.5) is 0 Å². The molecule has 0 saturated carbocycles. The highest BCUT2D eigenvalue weighted by molar-refractivity contribution is 4.69. The van der Waals surface area contributed by atoms with Crippen LogP contribution >= 0.6 is 0 Å². The second-order valence-corrected chi connectivity index (χ2v) is 6.07. The van der Waals surface area contributed by atoms with Crippen LogP contribution in [-0.2, 0) is 0 Å². The fraction of sp³-hybridized carbons (Fsp3) is 1.00. The zero-order valence-corrected chi connectivity index (χ0v) is 12.9. The lowest BCUT2D eigenvalue weighted by Gasteiger charge is -2.30. The van der Waals surface area contributed by atoms with Crippen molar-refractivity contribution in [2.45, 2.75) is 40.0 Å². The Morgan fingerprint density at radius 2 is 0.895 bits per heavy atom. The third-order valence-corrected chi connectivity index (χ3v) is 3.58. The van der Waals surface area contributed by atoms with E-state index in [-0.39, 0.29) is 19.8 Å². The molecule has 0 aromatic rings. The molecular formula is C15H33NO3. The van der Waals surface area contributed by atoms with Crippen LogP contribution in [0.15, 0.2) is 0 Å². The molecular weight excluding hydrogens is 242 g/mol. The molecule has 0 rings (SSSR count). The molecule has 0 aliphatic carbocycles. The molecule has 4 heteroatoms. The average molecular weight is 275 g/mol. The summed E-state index contributed by atoms with van der Waals surface area (Å²) < 4.78 is 0. The fourth-order valence-electron chi connectivity index (χ4n) is 2.48. The number of nitrogens with zero attached hydrogens (tertiary/aromatic N) is 1. The van der Waals surface area contributed by atoms with Gasteiger partial charge in [0, 0.05) is 39.5 Å². The normalized spacial score (nSPS) is 16.6. The highest BCUT2D eigenvalue weighted by Crippen LogP contribution is 2.13. The Morgan fingerprint density at radius 1 is 0.632 bits per heavy atom. The first-order valence-corrected chi connectivity index (χ1v) is 7.58. The van der Waals surface area contributed by atoms with Crippen LogP contribution < -0.4 is 0 Å². The highest BCUT2D eigenvalue weighted by Gasteiger charge is 2.16. The van der Waals surface area contributed by atoms with Gasteiger partial charge in [-0.05, 0) is 37.0 Å². The number of hydrogen-bond acceptors (Lipinski definition) is 4. The van der Waals surface area contributed by atoms with Crippen molar-refractivity contribution >= 4 is 0 Å². The van der Waals surface area contributed by atoms with Crippen molar-refractivity contribution in [1.82, 2.24) is 4.90 Å². The van der Waals surface area contributed by atoms with Crippen LogP contribution in [0.5, 0.6) is 0 Å². The predicted octanol–water partition coefficient (Wildman–Crippen LogP) is 1.34. The quantitative estimate of drug-likeness (QED) is 0.503. The number of aliphatic hydroxyl groups excluding tert-OH is 3. The van der Waals surface area contributed by atoms with Gasteiger partial charge in [0.2, 0.25) is 0 Å². The van der Waals surface area contributed by atoms with Crippen molar-refractivity contribution in [2.24, 2.45) is 17.8 Å². The monoisotopic (exact) mass is 275 g/mol. The first kappa shape index (κ1) is 18.8. The summed E-state index contributed by atoms with van der Waals surface area (Å²) in [6, 6.07) is 0. The largest absolute Gasteiger partial charge is 0.396 e. The van der Waals surface area contributed by atoms with Crippen LogP contribution in [0.2, 0.25) is 0 Å². The summed E-state index contributed by atoms with van der Waals surface area (Å²) in [6.45, 7) is 10.2. The summed E-state index contributed by atoms with van der Waals surface area (Å²) in [5.41, 5.74) is 0. The van der Waals surface area contributed by atoms with Crippen molar-refractivity contribution < 1.29 is 15.3 Å². The summed E-state index contributed by atoms with van der Waals surface area (Å²) >= 11 is 0. The lowest BCUT2D eigenvalue weighted by Crippen LogP contribution is -2.36. The van der Waals surface area contributed by atoms with Crippen molar-refractivity contribution in [3.63, 3.8) is 0 Å². The maximum absolute atomic E-state index is 9.00. The van der Waals surface area contributed by atoms with Gasteiger partial charge in [-0.15, -0.1) is 0 Å². The second-order valence-electron chi connectivity index (χ2n) is 6.07. The SMILES string of the molecule is CC(CCO)CN(CC(C)CCO)CC(C)CCO. The highest BCUT2D eigenvalue weighted by atomic mass is 16.3. The molecule has 0 aromatic heterocycles. The molecule has 3 N–H and O–H groups in total. The minimum Gasteiger partial charge on any atom is -0.396 e. The van der Waals surface area contributed by atoms with Crippen LogP contribution in [-0.4, -0.2) is 59.7 Å². The molecule has 0 radical (unpaired) electrons. The van der Waals surface area contributed by atoms with Gasteiger partial charge in [0.25, 0.3) is 0 Å². The van der Waals surface area contributed by atoms with E-state index < -0.39 is 0 Å². The Hall–Kier alpha value is -0.160. The molecule has 0 spiro atoms. The van der Waals surface area contributed by atoms with Gasteiger partial charge in [-0.1, -0.05) is 20.8 Å². The van der Waals surface area contributed by atoms with E-state index in [2.05, 4.69) is 25.7 Å². The summed E-state index contributed by atoms with van der Waals surface area (Å²) in [4.78, 5) is 2.42. The molecule has 19 heavy (non-hydrogen) atoms. The van der Waals surface area contributed by atoms with Crippen LogP contribution in [0.1, 0.15) is 40.0 Å². The Morgan fingerprint density at radius 3 is 1.11 bits per heavy atom. The minimum atomic E-state index is 0.243. The van der Waals surface area contributed by atoms with Crippen molar-refractivity contribution in [3.05, 3.63) is 0 Å². The third-order valence-electron chi connectivity index (χ3n) is 3.58. The molecule has 4 nitrogen and oxygen atoms in total. The van der Waals surface area contributed by atoms with Crippen molar-refractivity contribution in [3.8, 4) is 0 Å². The zero-order valence-electron chi connectivity index (χ0n) is 12.9. The van der Waals surface area contributed by atoms with E-state index in [1.54, 1.807) is 0 Å². The van der Waals surface area contributed by atoms with Gasteiger partial charge >= 0.3 is 0 Å². The van der Waals surface area contributed by atoms with Gasteiger partial charge in [-0.2, -0.15) is 0 Å². The standard InChI is InChI=1S/C15H33NO3/c1-13(4-7-17)10-16(11-14(2)5-8-18)12-15(3)6-9-19/h13-15,17-19H,4-12H2,1-3H3. The molecule has 0 aliphatic rings. The molecule has 0 fully saturated rings. The summed E-state index contributed by atoms with van der Waals surface area (Å²) in [5.74, 6) is 1.44. The number of hydrogen-bond donors (Lipinski definition) is 3. The van der Waals surface area contributed by atoms with Gasteiger partial charge in [0.1, 0.15) is 0 Å². The maximum atomic E-state index is 9.00. The van der Waals surface area contributed by atoms with E-state index in [9.17, 15) is 0 Å². The number of rotatable bonds is 12. The van der Waals surface area contributed by atoms with Crippen molar-refractivity contribution in [1.29, 1.82) is 0 Å².